The lowest BCUT2D eigenvalue weighted by Crippen LogP contribution is -2.08. The molecule has 0 radical (unpaired) electrons. The summed E-state index contributed by atoms with van der Waals surface area (Å²) in [4.78, 5) is 15.4. The van der Waals surface area contributed by atoms with E-state index in [0.29, 0.717) is 25.4 Å². The normalized spacial score (nSPS) is 11.3. The van der Waals surface area contributed by atoms with Gasteiger partial charge in [-0.25, -0.2) is 0 Å². The third-order valence-electron chi connectivity index (χ3n) is 4.51. The second kappa shape index (κ2) is 9.03. The van der Waals surface area contributed by atoms with E-state index in [1.807, 2.05) is 60.8 Å². The van der Waals surface area contributed by atoms with Crippen molar-refractivity contribution in [3.05, 3.63) is 90.4 Å². The molecule has 0 aliphatic carbocycles. The van der Waals surface area contributed by atoms with Crippen molar-refractivity contribution in [3.8, 4) is 0 Å². The molecule has 0 aliphatic heterocycles. The maximum absolute atomic E-state index is 12.2. The molecule has 0 spiro atoms. The molecular weight excluding hydrogens is 364 g/mol. The van der Waals surface area contributed by atoms with Crippen LogP contribution in [-0.2, 0) is 22.7 Å². The number of fused-ring (bicyclic) bond motifs is 1. The minimum Gasteiger partial charge on any atom is -0.375 e. The number of rotatable bonds is 8. The van der Waals surface area contributed by atoms with Crippen molar-refractivity contribution in [2.75, 3.05) is 11.9 Å². The molecule has 146 valence electrons. The zero-order valence-corrected chi connectivity index (χ0v) is 15.9. The minimum absolute atomic E-state index is 0.199. The van der Waals surface area contributed by atoms with Crippen LogP contribution < -0.4 is 5.32 Å². The van der Waals surface area contributed by atoms with Crippen LogP contribution in [0.2, 0.25) is 0 Å². The summed E-state index contributed by atoms with van der Waals surface area (Å²) in [6, 6.07) is 18.0. The summed E-state index contributed by atoms with van der Waals surface area (Å²) in [5, 5.41) is 8.17. The van der Waals surface area contributed by atoms with Crippen molar-refractivity contribution < 1.29 is 9.53 Å². The molecule has 29 heavy (non-hydrogen) atoms. The average Bonchev–Trinajstić information content (AvgIpc) is 3.37. The van der Waals surface area contributed by atoms with Gasteiger partial charge in [-0.2, -0.15) is 5.10 Å². The Balaban J connectivity index is 1.25. The molecule has 0 fully saturated rings. The van der Waals surface area contributed by atoms with E-state index in [9.17, 15) is 4.79 Å². The third kappa shape index (κ3) is 5.00. The minimum atomic E-state index is -0.199. The largest absolute Gasteiger partial charge is 0.375 e. The van der Waals surface area contributed by atoms with Crippen molar-refractivity contribution in [1.29, 1.82) is 0 Å². The van der Waals surface area contributed by atoms with Crippen molar-refractivity contribution >= 4 is 28.6 Å². The predicted octanol–water partition coefficient (Wildman–Crippen LogP) is 4.23. The van der Waals surface area contributed by atoms with Crippen LogP contribution in [-0.4, -0.2) is 27.3 Å². The van der Waals surface area contributed by atoms with Gasteiger partial charge in [0.15, 0.2) is 0 Å². The van der Waals surface area contributed by atoms with E-state index >= 15 is 0 Å². The molecule has 0 atom stereocenters. The van der Waals surface area contributed by atoms with Gasteiger partial charge in [-0.15, -0.1) is 0 Å². The lowest BCUT2D eigenvalue weighted by atomic mass is 10.1. The number of nitrogens with zero attached hydrogens (tertiary/aromatic N) is 2. The molecule has 2 aromatic carbocycles. The van der Waals surface area contributed by atoms with Crippen molar-refractivity contribution in [1.82, 2.24) is 14.8 Å². The van der Waals surface area contributed by atoms with Crippen LogP contribution in [0.25, 0.3) is 17.0 Å². The summed E-state index contributed by atoms with van der Waals surface area (Å²) in [7, 11) is 0. The number of nitrogens with one attached hydrogen (secondary N) is 2. The fourth-order valence-electron chi connectivity index (χ4n) is 3.05. The summed E-state index contributed by atoms with van der Waals surface area (Å²) in [6.45, 7) is 1.74. The number of benzene rings is 2. The van der Waals surface area contributed by atoms with Gasteiger partial charge in [0.1, 0.15) is 0 Å². The van der Waals surface area contributed by atoms with Crippen molar-refractivity contribution in [3.63, 3.8) is 0 Å². The summed E-state index contributed by atoms with van der Waals surface area (Å²) in [5.74, 6) is -0.199. The average molecular weight is 386 g/mol. The van der Waals surface area contributed by atoms with Gasteiger partial charge in [0.05, 0.1) is 31.6 Å². The topological polar surface area (TPSA) is 71.9 Å². The molecule has 6 heteroatoms. The summed E-state index contributed by atoms with van der Waals surface area (Å²) in [6.07, 6.45) is 8.64. The Bertz CT molecular complexity index is 1110. The molecule has 0 saturated carbocycles. The highest BCUT2D eigenvalue weighted by molar-refractivity contribution is 6.03. The first-order chi connectivity index (χ1) is 14.3. The van der Waals surface area contributed by atoms with E-state index in [0.717, 1.165) is 22.0 Å². The Labute approximate surface area is 168 Å². The Morgan fingerprint density at radius 2 is 1.97 bits per heavy atom. The number of H-pyrrole nitrogens is 1. The zero-order valence-electron chi connectivity index (χ0n) is 15.9. The molecule has 1 amide bonds. The van der Waals surface area contributed by atoms with Crippen LogP contribution in [0.3, 0.4) is 0 Å². The fraction of sp³-hybridized carbons (Fsp3) is 0.130. The molecule has 0 unspecified atom stereocenters. The first-order valence-electron chi connectivity index (χ1n) is 9.47. The predicted molar refractivity (Wildman–Crippen MR) is 114 cm³/mol. The second-order valence-corrected chi connectivity index (χ2v) is 6.64. The third-order valence-corrected chi connectivity index (χ3v) is 4.51. The van der Waals surface area contributed by atoms with Gasteiger partial charge in [0.2, 0.25) is 5.91 Å². The molecule has 6 nitrogen and oxygen atoms in total. The van der Waals surface area contributed by atoms with E-state index < -0.39 is 0 Å². The molecule has 2 aromatic heterocycles. The van der Waals surface area contributed by atoms with Crippen LogP contribution >= 0.6 is 0 Å². The monoisotopic (exact) mass is 386 g/mol. The number of ether oxygens (including phenoxy) is 1. The highest BCUT2D eigenvalue weighted by atomic mass is 16.5. The van der Waals surface area contributed by atoms with Crippen LogP contribution in [0.15, 0.2) is 79.3 Å². The van der Waals surface area contributed by atoms with Gasteiger partial charge in [-0.1, -0.05) is 48.5 Å². The van der Waals surface area contributed by atoms with Crippen LogP contribution in [0, 0.1) is 0 Å². The van der Waals surface area contributed by atoms with E-state index in [-0.39, 0.29) is 5.91 Å². The summed E-state index contributed by atoms with van der Waals surface area (Å²) < 4.78 is 7.42. The summed E-state index contributed by atoms with van der Waals surface area (Å²) in [5.41, 5.74) is 3.81. The standard InChI is InChI=1S/C23H22N4O2/c28-23(11-10-19-14-24-22-9-5-4-8-21(19)22)26-20-15-25-27(16-20)12-13-29-17-18-6-2-1-3-7-18/h1-11,14-16,24H,12-13,17H2,(H,26,28). The van der Waals surface area contributed by atoms with Crippen molar-refractivity contribution in [2.24, 2.45) is 0 Å². The molecular formula is C23H22N4O2. The van der Waals surface area contributed by atoms with Crippen molar-refractivity contribution in [2.45, 2.75) is 13.2 Å². The van der Waals surface area contributed by atoms with E-state index in [1.165, 1.54) is 6.08 Å². The number of amides is 1. The first-order valence-corrected chi connectivity index (χ1v) is 9.47. The van der Waals surface area contributed by atoms with Gasteiger partial charge in [-0.05, 0) is 23.3 Å². The van der Waals surface area contributed by atoms with Gasteiger partial charge < -0.3 is 15.0 Å². The number of carbonyl (C=O) groups is 1. The molecule has 0 bridgehead atoms. The molecule has 4 rings (SSSR count). The molecule has 0 saturated heterocycles. The van der Waals surface area contributed by atoms with E-state index in [2.05, 4.69) is 15.4 Å². The van der Waals surface area contributed by atoms with Gasteiger partial charge in [0.25, 0.3) is 0 Å². The van der Waals surface area contributed by atoms with Gasteiger partial charge >= 0.3 is 0 Å². The molecule has 2 N–H and O–H groups in total. The maximum atomic E-state index is 12.2. The van der Waals surface area contributed by atoms with Gasteiger partial charge in [-0.3, -0.25) is 9.48 Å². The second-order valence-electron chi connectivity index (χ2n) is 6.64. The molecule has 4 aromatic rings. The number of anilines is 1. The number of carbonyl (C=O) groups excluding carboxylic acids is 1. The van der Waals surface area contributed by atoms with Crippen LogP contribution in [0.4, 0.5) is 5.69 Å². The molecule has 2 heterocycles. The van der Waals surface area contributed by atoms with E-state index in [1.54, 1.807) is 23.2 Å². The first kappa shape index (κ1) is 18.7. The molecule has 0 aliphatic rings. The smallest absolute Gasteiger partial charge is 0.248 e. The maximum Gasteiger partial charge on any atom is 0.248 e. The highest BCUT2D eigenvalue weighted by Crippen LogP contribution is 2.18. The number of hydrogen-bond donors (Lipinski definition) is 2. The Hall–Kier alpha value is -3.64. The number of para-hydroxylation sites is 1. The number of hydrogen-bond acceptors (Lipinski definition) is 3. The Morgan fingerprint density at radius 3 is 2.86 bits per heavy atom. The van der Waals surface area contributed by atoms with Crippen LogP contribution in [0.5, 0.6) is 0 Å². The quantitative estimate of drug-likeness (QED) is 0.352. The lowest BCUT2D eigenvalue weighted by molar-refractivity contribution is -0.111. The summed E-state index contributed by atoms with van der Waals surface area (Å²) >= 11 is 0. The van der Waals surface area contributed by atoms with E-state index in [4.69, 9.17) is 4.74 Å². The fourth-order valence-corrected chi connectivity index (χ4v) is 3.05. The Morgan fingerprint density at radius 1 is 1.14 bits per heavy atom. The number of aromatic amines is 1. The number of aromatic nitrogens is 3. The highest BCUT2D eigenvalue weighted by Gasteiger charge is 2.04. The lowest BCUT2D eigenvalue weighted by Gasteiger charge is -2.04. The van der Waals surface area contributed by atoms with Crippen LogP contribution in [0.1, 0.15) is 11.1 Å². The van der Waals surface area contributed by atoms with Gasteiger partial charge in [0, 0.05) is 29.4 Å². The SMILES string of the molecule is O=C(C=Cc1c[nH]c2ccccc12)Nc1cnn(CCOCc2ccccc2)c1. The zero-order chi connectivity index (χ0) is 19.9. The Kier molecular flexibility index (Phi) is 5.83.